The predicted molar refractivity (Wildman–Crippen MR) is 125 cm³/mol. The summed E-state index contributed by atoms with van der Waals surface area (Å²) in [6, 6.07) is 18.9. The number of carbonyl (C=O) groups is 3. The highest BCUT2D eigenvalue weighted by Crippen LogP contribution is 2.47. The maximum absolute atomic E-state index is 13.5. The Hall–Kier alpha value is -3.10. The fourth-order valence-corrected chi connectivity index (χ4v) is 5.45. The number of ether oxygens (including phenoxy) is 2. The van der Waals surface area contributed by atoms with Crippen LogP contribution >= 0.6 is 11.8 Å². The van der Waals surface area contributed by atoms with Crippen molar-refractivity contribution >= 4 is 29.5 Å². The van der Waals surface area contributed by atoms with Crippen LogP contribution in [0.5, 0.6) is 0 Å². The Morgan fingerprint density at radius 1 is 1.12 bits per heavy atom. The molecule has 2 heterocycles. The molecule has 0 radical (unpaired) electrons. The van der Waals surface area contributed by atoms with Gasteiger partial charge >= 0.3 is 5.97 Å². The molecule has 4 rings (SSSR count). The van der Waals surface area contributed by atoms with Crippen LogP contribution in [0.1, 0.15) is 37.5 Å². The largest absolute Gasteiger partial charge is 0.448 e. The molecule has 1 N–H and O–H groups in total. The van der Waals surface area contributed by atoms with Crippen LogP contribution in [-0.4, -0.2) is 46.6 Å². The molecule has 0 aliphatic carbocycles. The minimum atomic E-state index is -1.48. The highest BCUT2D eigenvalue weighted by atomic mass is 32.2. The number of nitrogens with one attached hydrogen (secondary N) is 1. The monoisotopic (exact) mass is 466 g/mol. The number of benzene rings is 2. The molecule has 33 heavy (non-hydrogen) atoms. The van der Waals surface area contributed by atoms with Crippen LogP contribution in [0.15, 0.2) is 71.9 Å². The van der Waals surface area contributed by atoms with Gasteiger partial charge in [-0.25, -0.2) is 4.79 Å². The molecule has 0 bridgehead atoms. The SMILES string of the molecule is CCC(=O)N[C@]1(OC)C(=O)N2C(C(=O)OC(c3ccccc3)c3ccccc3)=C(C)CS[C@H]21. The van der Waals surface area contributed by atoms with E-state index in [1.54, 1.807) is 6.92 Å². The fourth-order valence-electron chi connectivity index (χ4n) is 4.06. The molecule has 2 aromatic rings. The second-order valence-corrected chi connectivity index (χ2v) is 8.98. The lowest BCUT2D eigenvalue weighted by atomic mass is 9.97. The van der Waals surface area contributed by atoms with Crippen molar-refractivity contribution in [2.24, 2.45) is 0 Å². The van der Waals surface area contributed by atoms with Gasteiger partial charge in [-0.2, -0.15) is 0 Å². The quantitative estimate of drug-likeness (QED) is 0.383. The topological polar surface area (TPSA) is 84.9 Å². The molecule has 1 saturated heterocycles. The van der Waals surface area contributed by atoms with E-state index in [2.05, 4.69) is 5.32 Å². The third-order valence-electron chi connectivity index (χ3n) is 5.81. The molecule has 2 aliphatic heterocycles. The molecule has 7 nitrogen and oxygen atoms in total. The number of carbonyl (C=O) groups excluding carboxylic acids is 3. The Bertz CT molecular complexity index is 1050. The molecule has 0 spiro atoms. The van der Waals surface area contributed by atoms with E-state index in [9.17, 15) is 14.4 Å². The molecule has 2 aliphatic rings. The van der Waals surface area contributed by atoms with Gasteiger partial charge in [0, 0.05) is 19.3 Å². The Balaban J connectivity index is 1.63. The maximum Gasteiger partial charge on any atom is 0.356 e. The van der Waals surface area contributed by atoms with Crippen LogP contribution in [-0.2, 0) is 23.9 Å². The van der Waals surface area contributed by atoms with Crippen molar-refractivity contribution in [2.45, 2.75) is 37.5 Å². The summed E-state index contributed by atoms with van der Waals surface area (Å²) in [5, 5.41) is 2.14. The number of rotatable bonds is 7. The smallest absolute Gasteiger partial charge is 0.356 e. The molecule has 0 aromatic heterocycles. The lowest BCUT2D eigenvalue weighted by molar-refractivity contribution is -0.193. The first-order chi connectivity index (χ1) is 15.9. The maximum atomic E-state index is 13.5. The third-order valence-corrected chi connectivity index (χ3v) is 7.27. The van der Waals surface area contributed by atoms with E-state index >= 15 is 0 Å². The van der Waals surface area contributed by atoms with Crippen molar-refractivity contribution in [1.29, 1.82) is 0 Å². The van der Waals surface area contributed by atoms with Crippen molar-refractivity contribution in [3.63, 3.8) is 0 Å². The number of hydrogen-bond acceptors (Lipinski definition) is 6. The van der Waals surface area contributed by atoms with Gasteiger partial charge in [0.05, 0.1) is 0 Å². The standard InChI is InChI=1S/C25H26N2O5S/c1-4-19(28)26-25(31-3)23(30)27-20(16(2)15-33-24(25)27)22(29)32-21(17-11-7-5-8-12-17)18-13-9-6-10-14-18/h5-14,21,24H,4,15H2,1-3H3,(H,26,28)/t24-,25-/m0/s1. The van der Waals surface area contributed by atoms with Gasteiger partial charge in [-0.15, -0.1) is 11.8 Å². The van der Waals surface area contributed by atoms with Gasteiger partial charge in [0.1, 0.15) is 11.1 Å². The molecular formula is C25H26N2O5S. The van der Waals surface area contributed by atoms with E-state index in [1.807, 2.05) is 67.6 Å². The number of esters is 1. The number of hydrogen-bond donors (Lipinski definition) is 1. The highest BCUT2D eigenvalue weighted by molar-refractivity contribution is 8.00. The number of thioether (sulfide) groups is 1. The predicted octanol–water partition coefficient (Wildman–Crippen LogP) is 3.38. The highest BCUT2D eigenvalue weighted by Gasteiger charge is 2.66. The van der Waals surface area contributed by atoms with E-state index in [-0.39, 0.29) is 18.0 Å². The molecule has 2 amide bonds. The van der Waals surface area contributed by atoms with Gasteiger partial charge < -0.3 is 14.8 Å². The Morgan fingerprint density at radius 3 is 2.21 bits per heavy atom. The van der Waals surface area contributed by atoms with Gasteiger partial charge in [-0.05, 0) is 23.6 Å². The van der Waals surface area contributed by atoms with Crippen LogP contribution in [0.2, 0.25) is 0 Å². The molecular weight excluding hydrogens is 440 g/mol. The normalized spacial score (nSPS) is 22.0. The minimum Gasteiger partial charge on any atom is -0.448 e. The number of fused-ring (bicyclic) bond motifs is 1. The van der Waals surface area contributed by atoms with Crippen LogP contribution in [0.3, 0.4) is 0 Å². The first-order valence-electron chi connectivity index (χ1n) is 10.7. The zero-order valence-electron chi connectivity index (χ0n) is 18.7. The van der Waals surface area contributed by atoms with Crippen molar-refractivity contribution in [3.8, 4) is 0 Å². The molecule has 2 atom stereocenters. The fraction of sp³-hybridized carbons (Fsp3) is 0.320. The van der Waals surface area contributed by atoms with Gasteiger partial charge in [0.25, 0.3) is 11.6 Å². The number of methoxy groups -OCH3 is 1. The third kappa shape index (κ3) is 4.05. The van der Waals surface area contributed by atoms with Crippen molar-refractivity contribution in [3.05, 3.63) is 83.1 Å². The molecule has 0 unspecified atom stereocenters. The zero-order valence-corrected chi connectivity index (χ0v) is 19.6. The van der Waals surface area contributed by atoms with Crippen molar-refractivity contribution in [2.75, 3.05) is 12.9 Å². The molecule has 1 fully saturated rings. The van der Waals surface area contributed by atoms with Crippen LogP contribution in [0, 0.1) is 0 Å². The first-order valence-corrected chi connectivity index (χ1v) is 11.8. The molecule has 8 heteroatoms. The van der Waals surface area contributed by atoms with Gasteiger partial charge in [0.2, 0.25) is 5.91 Å². The summed E-state index contributed by atoms with van der Waals surface area (Å²) in [5.41, 5.74) is 1.12. The van der Waals surface area contributed by atoms with E-state index in [1.165, 1.54) is 23.8 Å². The average molecular weight is 467 g/mol. The summed E-state index contributed by atoms with van der Waals surface area (Å²) in [7, 11) is 1.38. The van der Waals surface area contributed by atoms with E-state index in [4.69, 9.17) is 9.47 Å². The second-order valence-electron chi connectivity index (χ2n) is 7.92. The lowest BCUT2D eigenvalue weighted by Crippen LogP contribution is -2.80. The number of amides is 2. The summed E-state index contributed by atoms with van der Waals surface area (Å²) in [5.74, 6) is -0.858. The zero-order chi connectivity index (χ0) is 23.6. The Labute approximate surface area is 197 Å². The first kappa shape index (κ1) is 23.1. The molecule has 2 aromatic carbocycles. The Kier molecular flexibility index (Phi) is 6.58. The van der Waals surface area contributed by atoms with Gasteiger partial charge in [0.15, 0.2) is 6.10 Å². The van der Waals surface area contributed by atoms with E-state index in [0.29, 0.717) is 5.75 Å². The van der Waals surface area contributed by atoms with Crippen LogP contribution in [0.4, 0.5) is 0 Å². The van der Waals surface area contributed by atoms with Crippen molar-refractivity contribution < 1.29 is 23.9 Å². The van der Waals surface area contributed by atoms with Crippen molar-refractivity contribution in [1.82, 2.24) is 10.2 Å². The van der Waals surface area contributed by atoms with Crippen LogP contribution in [0.25, 0.3) is 0 Å². The number of nitrogens with zero attached hydrogens (tertiary/aromatic N) is 1. The second kappa shape index (κ2) is 9.41. The summed E-state index contributed by atoms with van der Waals surface area (Å²) < 4.78 is 11.5. The lowest BCUT2D eigenvalue weighted by Gasteiger charge is -2.55. The summed E-state index contributed by atoms with van der Waals surface area (Å²) in [6.07, 6.45) is -0.411. The van der Waals surface area contributed by atoms with E-state index in [0.717, 1.165) is 16.7 Å². The van der Waals surface area contributed by atoms with Gasteiger partial charge in [-0.1, -0.05) is 67.6 Å². The average Bonchev–Trinajstić information content (AvgIpc) is 2.86. The summed E-state index contributed by atoms with van der Waals surface area (Å²) >= 11 is 1.44. The summed E-state index contributed by atoms with van der Waals surface area (Å²) in [4.78, 5) is 40.1. The summed E-state index contributed by atoms with van der Waals surface area (Å²) in [6.45, 7) is 3.51. The van der Waals surface area contributed by atoms with Gasteiger partial charge in [-0.3, -0.25) is 14.5 Å². The minimum absolute atomic E-state index is 0.207. The number of β-lactam (4-membered cyclic amide) rings is 1. The molecule has 172 valence electrons. The molecule has 0 saturated carbocycles. The Morgan fingerprint density at radius 2 is 1.70 bits per heavy atom. The van der Waals surface area contributed by atoms with Crippen LogP contribution < -0.4 is 5.32 Å². The van der Waals surface area contributed by atoms with E-state index < -0.39 is 29.1 Å².